The van der Waals surface area contributed by atoms with E-state index in [1.807, 2.05) is 0 Å². The van der Waals surface area contributed by atoms with E-state index in [4.69, 9.17) is 16.3 Å². The van der Waals surface area contributed by atoms with E-state index in [-0.39, 0.29) is 34.3 Å². The van der Waals surface area contributed by atoms with Crippen molar-refractivity contribution in [1.29, 1.82) is 0 Å². The highest BCUT2D eigenvalue weighted by molar-refractivity contribution is 6.34. The number of rotatable bonds is 7. The van der Waals surface area contributed by atoms with Crippen molar-refractivity contribution in [3.63, 3.8) is 0 Å². The molecular weight excluding hydrogens is 484 g/mol. The first-order valence-corrected chi connectivity index (χ1v) is 10.3. The molecule has 8 nitrogen and oxygen atoms in total. The molecule has 2 aromatic carbocycles. The van der Waals surface area contributed by atoms with Gasteiger partial charge in [0.2, 0.25) is 0 Å². The highest BCUT2D eigenvalue weighted by atomic mass is 35.5. The summed E-state index contributed by atoms with van der Waals surface area (Å²) in [6, 6.07) is 7.06. The summed E-state index contributed by atoms with van der Waals surface area (Å²) in [5.74, 6) is -2.34. The number of para-hydroxylation sites is 1. The monoisotopic (exact) mass is 502 g/mol. The normalized spacial score (nSPS) is 12.5. The first kappa shape index (κ1) is 25.2. The van der Waals surface area contributed by atoms with Crippen LogP contribution in [0, 0.1) is 5.82 Å². The number of anilines is 1. The van der Waals surface area contributed by atoms with Crippen LogP contribution in [0.4, 0.5) is 23.2 Å². The summed E-state index contributed by atoms with van der Waals surface area (Å²) in [7, 11) is 0. The lowest BCUT2D eigenvalue weighted by atomic mass is 10.1. The number of ether oxygens (including phenoxy) is 1. The maximum absolute atomic E-state index is 14.1. The van der Waals surface area contributed by atoms with Crippen molar-refractivity contribution in [2.45, 2.75) is 39.3 Å². The number of aliphatic hydroxyl groups excluding tert-OH is 1. The largest absolute Gasteiger partial charge is 0.480 e. The maximum atomic E-state index is 14.1. The fraction of sp³-hybridized carbons (Fsp3) is 0.286. The summed E-state index contributed by atoms with van der Waals surface area (Å²) in [4.78, 5) is 25.4. The zero-order valence-corrected chi connectivity index (χ0v) is 18.6. The summed E-state index contributed by atoms with van der Waals surface area (Å²) < 4.78 is 60.6. The first-order chi connectivity index (χ1) is 16.0. The molecule has 3 aromatic rings. The van der Waals surface area contributed by atoms with E-state index in [1.165, 1.54) is 22.8 Å². The summed E-state index contributed by atoms with van der Waals surface area (Å²) in [5.41, 5.74) is -1.41. The minimum atomic E-state index is -4.76. The molecular formula is C21H19ClF4N4O4. The van der Waals surface area contributed by atoms with Crippen LogP contribution in [-0.2, 0) is 13.2 Å². The Labute approximate surface area is 195 Å². The SMILES string of the molecule is CCn1c(CO)nn(-c2ccc(C(=O)Nc3c(F)cccc3Cl)c(OC(C)C(F)(F)F)c2)c1=O. The molecule has 0 saturated carbocycles. The van der Waals surface area contributed by atoms with Gasteiger partial charge in [-0.15, -0.1) is 5.10 Å². The molecule has 0 radical (unpaired) electrons. The van der Waals surface area contributed by atoms with Gasteiger partial charge in [-0.25, -0.2) is 9.18 Å². The van der Waals surface area contributed by atoms with Crippen LogP contribution < -0.4 is 15.7 Å². The van der Waals surface area contributed by atoms with Gasteiger partial charge in [0.05, 0.1) is 22.0 Å². The first-order valence-electron chi connectivity index (χ1n) is 9.90. The minimum Gasteiger partial charge on any atom is -0.480 e. The van der Waals surface area contributed by atoms with Crippen molar-refractivity contribution in [2.24, 2.45) is 0 Å². The lowest BCUT2D eigenvalue weighted by Gasteiger charge is -2.20. The second-order valence-corrected chi connectivity index (χ2v) is 7.45. The molecule has 1 atom stereocenters. The third kappa shape index (κ3) is 5.07. The number of carbonyl (C=O) groups is 1. The molecule has 1 heterocycles. The molecule has 2 N–H and O–H groups in total. The zero-order valence-electron chi connectivity index (χ0n) is 17.9. The quantitative estimate of drug-likeness (QED) is 0.477. The van der Waals surface area contributed by atoms with Gasteiger partial charge in [-0.1, -0.05) is 17.7 Å². The number of alkyl halides is 3. The van der Waals surface area contributed by atoms with Crippen molar-refractivity contribution in [2.75, 3.05) is 5.32 Å². The molecule has 0 aliphatic carbocycles. The predicted molar refractivity (Wildman–Crippen MR) is 115 cm³/mol. The fourth-order valence-electron chi connectivity index (χ4n) is 3.02. The van der Waals surface area contributed by atoms with Crippen LogP contribution >= 0.6 is 11.6 Å². The topological polar surface area (TPSA) is 98.4 Å². The van der Waals surface area contributed by atoms with Gasteiger partial charge in [0.25, 0.3) is 5.91 Å². The van der Waals surface area contributed by atoms with Gasteiger partial charge in [0.1, 0.15) is 18.2 Å². The van der Waals surface area contributed by atoms with Gasteiger partial charge in [-0.2, -0.15) is 17.9 Å². The molecule has 182 valence electrons. The van der Waals surface area contributed by atoms with Crippen LogP contribution in [0.1, 0.15) is 30.0 Å². The van der Waals surface area contributed by atoms with Crippen LogP contribution in [0.25, 0.3) is 5.69 Å². The van der Waals surface area contributed by atoms with Gasteiger partial charge >= 0.3 is 11.9 Å². The number of hydrogen-bond donors (Lipinski definition) is 2. The smallest absolute Gasteiger partial charge is 0.425 e. The lowest BCUT2D eigenvalue weighted by Crippen LogP contribution is -2.32. The Morgan fingerprint density at radius 2 is 2.00 bits per heavy atom. The third-order valence-electron chi connectivity index (χ3n) is 4.82. The van der Waals surface area contributed by atoms with Crippen LogP contribution in [0.3, 0.4) is 0 Å². The number of aliphatic hydroxyl groups is 1. The Morgan fingerprint density at radius 3 is 2.56 bits per heavy atom. The molecule has 1 unspecified atom stereocenters. The summed E-state index contributed by atoms with van der Waals surface area (Å²) in [5, 5.41) is 15.5. The third-order valence-corrected chi connectivity index (χ3v) is 5.13. The summed E-state index contributed by atoms with van der Waals surface area (Å²) >= 11 is 5.91. The second-order valence-electron chi connectivity index (χ2n) is 7.05. The average molecular weight is 503 g/mol. The van der Waals surface area contributed by atoms with Gasteiger partial charge in [-0.05, 0) is 38.1 Å². The van der Waals surface area contributed by atoms with Crippen molar-refractivity contribution < 1.29 is 32.2 Å². The number of halogens is 5. The Balaban J connectivity index is 2.09. The second kappa shape index (κ2) is 9.85. The molecule has 0 saturated heterocycles. The van der Waals surface area contributed by atoms with Gasteiger partial charge in [-0.3, -0.25) is 9.36 Å². The molecule has 13 heteroatoms. The van der Waals surface area contributed by atoms with Crippen molar-refractivity contribution in [1.82, 2.24) is 14.3 Å². The van der Waals surface area contributed by atoms with E-state index >= 15 is 0 Å². The number of aromatic nitrogens is 3. The van der Waals surface area contributed by atoms with Crippen LogP contribution in [0.2, 0.25) is 5.02 Å². The Morgan fingerprint density at radius 1 is 1.29 bits per heavy atom. The van der Waals surface area contributed by atoms with Gasteiger partial charge in [0.15, 0.2) is 11.9 Å². The molecule has 0 spiro atoms. The van der Waals surface area contributed by atoms with Crippen LogP contribution in [-0.4, -0.2) is 37.6 Å². The highest BCUT2D eigenvalue weighted by Gasteiger charge is 2.38. The van der Waals surface area contributed by atoms with E-state index in [1.54, 1.807) is 6.92 Å². The zero-order chi connectivity index (χ0) is 25.2. The molecule has 0 bridgehead atoms. The average Bonchev–Trinajstić information content (AvgIpc) is 3.10. The fourth-order valence-corrected chi connectivity index (χ4v) is 3.23. The number of hydrogen-bond acceptors (Lipinski definition) is 5. The minimum absolute atomic E-state index is 0.0169. The Kier molecular flexibility index (Phi) is 7.32. The van der Waals surface area contributed by atoms with E-state index in [0.29, 0.717) is 0 Å². The summed E-state index contributed by atoms with van der Waals surface area (Å²) in [6.07, 6.45) is -7.08. The Hall–Kier alpha value is -3.38. The van der Waals surface area contributed by atoms with Gasteiger partial charge < -0.3 is 15.2 Å². The molecule has 1 aromatic heterocycles. The summed E-state index contributed by atoms with van der Waals surface area (Å²) in [6.45, 7) is 2.03. The number of amides is 1. The number of nitrogens with one attached hydrogen (secondary N) is 1. The van der Waals surface area contributed by atoms with Crippen LogP contribution in [0.15, 0.2) is 41.2 Å². The van der Waals surface area contributed by atoms with Crippen LogP contribution in [0.5, 0.6) is 5.75 Å². The van der Waals surface area contributed by atoms with E-state index < -0.39 is 42.1 Å². The van der Waals surface area contributed by atoms with E-state index in [9.17, 15) is 32.3 Å². The number of carbonyl (C=O) groups excluding carboxylic acids is 1. The van der Waals surface area contributed by atoms with E-state index in [0.717, 1.165) is 29.8 Å². The van der Waals surface area contributed by atoms with Crippen molar-refractivity contribution in [3.05, 3.63) is 69.1 Å². The molecule has 0 aliphatic heterocycles. The highest BCUT2D eigenvalue weighted by Crippen LogP contribution is 2.31. The number of nitrogens with zero attached hydrogens (tertiary/aromatic N) is 3. The van der Waals surface area contributed by atoms with E-state index in [2.05, 4.69) is 10.4 Å². The van der Waals surface area contributed by atoms with Crippen molar-refractivity contribution >= 4 is 23.2 Å². The molecule has 0 fully saturated rings. The molecule has 0 aliphatic rings. The Bertz CT molecular complexity index is 1250. The maximum Gasteiger partial charge on any atom is 0.425 e. The van der Waals surface area contributed by atoms with Gasteiger partial charge in [0, 0.05) is 12.6 Å². The molecule has 3 rings (SSSR count). The number of benzene rings is 2. The molecule has 34 heavy (non-hydrogen) atoms. The molecule has 1 amide bonds. The lowest BCUT2D eigenvalue weighted by molar-refractivity contribution is -0.189. The van der Waals surface area contributed by atoms with Crippen molar-refractivity contribution in [3.8, 4) is 11.4 Å². The predicted octanol–water partition coefficient (Wildman–Crippen LogP) is 3.92. The standard InChI is InChI=1S/C21H19ClF4N4O4/c1-3-29-17(10-31)28-30(20(29)33)12-7-8-13(16(9-12)34-11(2)21(24,25)26)19(32)27-18-14(22)5-4-6-15(18)23/h4-9,11,31H,3,10H2,1-2H3,(H,27,32).